The molecule has 3 fully saturated rings. The lowest BCUT2D eigenvalue weighted by molar-refractivity contribution is 0.0320. The van der Waals surface area contributed by atoms with Gasteiger partial charge in [0.05, 0.1) is 13.2 Å². The highest BCUT2D eigenvalue weighted by Crippen LogP contribution is 2.32. The molecule has 3 aliphatic rings. The number of nitrogens with one attached hydrogen (secondary N) is 1. The van der Waals surface area contributed by atoms with Crippen molar-refractivity contribution in [1.82, 2.24) is 29.8 Å². The number of piperazine rings is 1. The second kappa shape index (κ2) is 13.8. The molecule has 1 saturated carbocycles. The first-order valence-electron chi connectivity index (χ1n) is 12.0. The lowest BCUT2D eigenvalue weighted by atomic mass is 9.89. The molecule has 2 aliphatic heterocycles. The fourth-order valence-electron chi connectivity index (χ4n) is 4.93. The molecular weight excluding hydrogens is 501 g/mol. The Morgan fingerprint density at radius 3 is 2.56 bits per heavy atom. The van der Waals surface area contributed by atoms with Gasteiger partial charge in [-0.1, -0.05) is 19.3 Å². The van der Waals surface area contributed by atoms with Crippen LogP contribution in [0.4, 0.5) is 5.82 Å². The summed E-state index contributed by atoms with van der Waals surface area (Å²) in [5.74, 6) is 3.74. The lowest BCUT2D eigenvalue weighted by Gasteiger charge is -2.33. The molecule has 4 heterocycles. The Morgan fingerprint density at radius 2 is 1.82 bits per heavy atom. The fourth-order valence-corrected chi connectivity index (χ4v) is 4.93. The molecule has 1 unspecified atom stereocenters. The van der Waals surface area contributed by atoms with E-state index in [9.17, 15) is 0 Å². The summed E-state index contributed by atoms with van der Waals surface area (Å²) in [6.45, 7) is 10.1. The zero-order valence-corrected chi connectivity index (χ0v) is 22.3. The molecule has 1 atom stereocenters. The number of anilines is 1. The van der Waals surface area contributed by atoms with E-state index in [1.165, 1.54) is 32.1 Å². The van der Waals surface area contributed by atoms with Crippen LogP contribution >= 0.6 is 37.2 Å². The van der Waals surface area contributed by atoms with E-state index in [1.807, 2.05) is 10.6 Å². The van der Waals surface area contributed by atoms with Crippen LogP contribution in [0, 0.1) is 0 Å². The monoisotopic (exact) mass is 537 g/mol. The summed E-state index contributed by atoms with van der Waals surface area (Å²) in [5.41, 5.74) is 0. The van der Waals surface area contributed by atoms with Gasteiger partial charge in [0.25, 0.3) is 5.78 Å². The molecule has 34 heavy (non-hydrogen) atoms. The summed E-state index contributed by atoms with van der Waals surface area (Å²) in [5, 5.41) is 8.46. The van der Waals surface area contributed by atoms with E-state index in [0.29, 0.717) is 30.2 Å². The van der Waals surface area contributed by atoms with E-state index >= 15 is 0 Å². The second-order valence-corrected chi connectivity index (χ2v) is 9.07. The van der Waals surface area contributed by atoms with Crippen molar-refractivity contribution in [2.75, 3.05) is 64.0 Å². The van der Waals surface area contributed by atoms with E-state index in [0.717, 1.165) is 64.1 Å². The highest BCUT2D eigenvalue weighted by Gasteiger charge is 2.25. The summed E-state index contributed by atoms with van der Waals surface area (Å²) < 4.78 is 13.5. The van der Waals surface area contributed by atoms with Gasteiger partial charge in [-0.25, -0.2) is 0 Å². The SMILES string of the molecule is CC1CN(c2cc(OCCN3CCOCC3)nc3nc(C4CCCCC4)nn23)CCN1.Cl.Cl.Cl. The zero-order chi connectivity index (χ0) is 21.0. The van der Waals surface area contributed by atoms with Crippen molar-refractivity contribution >= 4 is 48.8 Å². The highest BCUT2D eigenvalue weighted by molar-refractivity contribution is 5.86. The third-order valence-electron chi connectivity index (χ3n) is 6.71. The van der Waals surface area contributed by atoms with Gasteiger partial charge in [0, 0.05) is 57.3 Å². The first-order chi connectivity index (χ1) is 15.3. The standard InChI is InChI=1S/C22H35N7O2.3ClH/c1-17-16-28(8-7-23-17)20-15-19(31-14-11-27-9-12-30-13-10-27)24-22-25-21(26-29(20)22)18-5-3-2-4-6-18;;;/h15,17-18,23H,2-14,16H2,1H3;3*1H. The third kappa shape index (κ3) is 6.98. The molecule has 5 rings (SSSR count). The van der Waals surface area contributed by atoms with Crippen molar-refractivity contribution in [2.24, 2.45) is 0 Å². The van der Waals surface area contributed by atoms with Crippen LogP contribution in [0.5, 0.6) is 5.88 Å². The maximum Gasteiger partial charge on any atom is 0.257 e. The first kappa shape index (κ1) is 29.1. The smallest absolute Gasteiger partial charge is 0.257 e. The summed E-state index contributed by atoms with van der Waals surface area (Å²) in [6.07, 6.45) is 6.23. The number of fused-ring (bicyclic) bond motifs is 1. The maximum atomic E-state index is 6.11. The largest absolute Gasteiger partial charge is 0.476 e. The molecular formula is C22H38Cl3N7O2. The summed E-state index contributed by atoms with van der Waals surface area (Å²) in [4.78, 5) is 14.3. The van der Waals surface area contributed by atoms with Crippen LogP contribution in [0.1, 0.15) is 50.8 Å². The van der Waals surface area contributed by atoms with Gasteiger partial charge in [-0.2, -0.15) is 14.5 Å². The molecule has 1 N–H and O–H groups in total. The average Bonchev–Trinajstić information content (AvgIpc) is 3.24. The quantitative estimate of drug-likeness (QED) is 0.601. The first-order valence-corrected chi connectivity index (χ1v) is 12.0. The Kier molecular flexibility index (Phi) is 11.9. The fraction of sp³-hybridized carbons (Fsp3) is 0.773. The summed E-state index contributed by atoms with van der Waals surface area (Å²) in [7, 11) is 0. The van der Waals surface area contributed by atoms with Crippen molar-refractivity contribution in [3.63, 3.8) is 0 Å². The van der Waals surface area contributed by atoms with Crippen LogP contribution < -0.4 is 15.0 Å². The van der Waals surface area contributed by atoms with Crippen LogP contribution in [0.2, 0.25) is 0 Å². The van der Waals surface area contributed by atoms with Gasteiger partial charge in [0.15, 0.2) is 5.82 Å². The van der Waals surface area contributed by atoms with E-state index < -0.39 is 0 Å². The summed E-state index contributed by atoms with van der Waals surface area (Å²) in [6, 6.07) is 2.48. The van der Waals surface area contributed by atoms with Crippen LogP contribution in [-0.2, 0) is 4.74 Å². The van der Waals surface area contributed by atoms with Gasteiger partial charge >= 0.3 is 0 Å². The Balaban J connectivity index is 0.00000136. The van der Waals surface area contributed by atoms with Crippen LogP contribution in [0.3, 0.4) is 0 Å². The molecule has 0 spiro atoms. The zero-order valence-electron chi connectivity index (χ0n) is 19.9. The molecule has 12 heteroatoms. The number of nitrogens with zero attached hydrogens (tertiary/aromatic N) is 6. The number of ether oxygens (including phenoxy) is 2. The van der Waals surface area contributed by atoms with Gasteiger partial charge in [-0.3, -0.25) is 4.90 Å². The van der Waals surface area contributed by atoms with Crippen molar-refractivity contribution in [3.8, 4) is 5.88 Å². The molecule has 9 nitrogen and oxygen atoms in total. The minimum atomic E-state index is 0. The molecule has 1 aliphatic carbocycles. The van der Waals surface area contributed by atoms with Gasteiger partial charge in [0.1, 0.15) is 12.4 Å². The predicted octanol–water partition coefficient (Wildman–Crippen LogP) is 2.95. The number of halogens is 3. The lowest BCUT2D eigenvalue weighted by Crippen LogP contribution is -2.49. The molecule has 2 aromatic heterocycles. The normalized spacial score (nSPS) is 21.9. The molecule has 2 saturated heterocycles. The van der Waals surface area contributed by atoms with Crippen LogP contribution in [0.25, 0.3) is 5.78 Å². The van der Waals surface area contributed by atoms with E-state index in [4.69, 9.17) is 24.5 Å². The molecule has 0 radical (unpaired) electrons. The molecule has 0 aromatic carbocycles. The second-order valence-electron chi connectivity index (χ2n) is 9.07. The highest BCUT2D eigenvalue weighted by atomic mass is 35.5. The Hall–Kier alpha value is -1.10. The number of aromatic nitrogens is 4. The number of rotatable bonds is 6. The topological polar surface area (TPSA) is 80.0 Å². The Labute approximate surface area is 220 Å². The Bertz CT molecular complexity index is 876. The number of hydrogen-bond donors (Lipinski definition) is 1. The third-order valence-corrected chi connectivity index (χ3v) is 6.71. The van der Waals surface area contributed by atoms with Gasteiger partial charge in [0.2, 0.25) is 5.88 Å². The number of morpholine rings is 1. The summed E-state index contributed by atoms with van der Waals surface area (Å²) >= 11 is 0. The van der Waals surface area contributed by atoms with Crippen molar-refractivity contribution in [1.29, 1.82) is 0 Å². The van der Waals surface area contributed by atoms with Crippen LogP contribution in [-0.4, -0.2) is 89.6 Å². The maximum absolute atomic E-state index is 6.11. The van der Waals surface area contributed by atoms with Crippen LogP contribution in [0.15, 0.2) is 6.07 Å². The Morgan fingerprint density at radius 1 is 1.06 bits per heavy atom. The molecule has 194 valence electrons. The van der Waals surface area contributed by atoms with Gasteiger partial charge < -0.3 is 19.7 Å². The molecule has 0 bridgehead atoms. The molecule has 2 aromatic rings. The van der Waals surface area contributed by atoms with Gasteiger partial charge in [-0.15, -0.1) is 42.3 Å². The number of hydrogen-bond acceptors (Lipinski definition) is 8. The minimum Gasteiger partial charge on any atom is -0.476 e. The van der Waals surface area contributed by atoms with E-state index in [1.54, 1.807) is 0 Å². The molecule has 0 amide bonds. The van der Waals surface area contributed by atoms with E-state index in [2.05, 4.69) is 22.0 Å². The van der Waals surface area contributed by atoms with E-state index in [-0.39, 0.29) is 37.2 Å². The predicted molar refractivity (Wildman–Crippen MR) is 141 cm³/mol. The average molecular weight is 539 g/mol. The van der Waals surface area contributed by atoms with Crippen molar-refractivity contribution in [2.45, 2.75) is 51.0 Å². The van der Waals surface area contributed by atoms with Gasteiger partial charge in [-0.05, 0) is 19.8 Å². The van der Waals surface area contributed by atoms with Crippen molar-refractivity contribution < 1.29 is 9.47 Å². The van der Waals surface area contributed by atoms with Crippen molar-refractivity contribution in [3.05, 3.63) is 11.9 Å². The minimum absolute atomic E-state index is 0.